The van der Waals surface area contributed by atoms with Gasteiger partial charge in [-0.05, 0) is 27.7 Å². The topological polar surface area (TPSA) is 189 Å². The second-order valence-corrected chi connectivity index (χ2v) is 16.6. The SMILES string of the molecule is C#CCOC(=O)C1O[C@@H](OCCO[C@@H]2C(C(=O)OCC#C[Si](C)(C)C)O[C@@H](OC(C)C)[C@@H](O)[C@H]2O)[C@@H](O)[C@@H](O)[C@@H]1OC(C)C. The van der Waals surface area contributed by atoms with E-state index in [0.29, 0.717) is 0 Å². The predicted octanol–water partition coefficient (Wildman–Crippen LogP) is -0.899. The smallest absolute Gasteiger partial charge is 0.339 e. The molecule has 2 fully saturated rings. The number of esters is 2. The Morgan fingerprint density at radius 3 is 1.82 bits per heavy atom. The Morgan fingerprint density at radius 2 is 1.25 bits per heavy atom. The monoisotopic (exact) mass is 646 g/mol. The van der Waals surface area contributed by atoms with Crippen molar-refractivity contribution in [3.05, 3.63) is 0 Å². The molecule has 15 heteroatoms. The maximum absolute atomic E-state index is 12.9. The summed E-state index contributed by atoms with van der Waals surface area (Å²) in [4.78, 5) is 25.5. The van der Waals surface area contributed by atoms with Crippen LogP contribution in [-0.4, -0.2) is 140 Å². The molecule has 0 saturated carbocycles. The van der Waals surface area contributed by atoms with Crippen LogP contribution in [0.5, 0.6) is 0 Å². The lowest BCUT2D eigenvalue weighted by Crippen LogP contribution is -2.62. The van der Waals surface area contributed by atoms with Crippen molar-refractivity contribution in [1.82, 2.24) is 0 Å². The maximum Gasteiger partial charge on any atom is 0.339 e. The van der Waals surface area contributed by atoms with E-state index in [2.05, 4.69) is 17.4 Å². The molecule has 2 aliphatic rings. The lowest BCUT2D eigenvalue weighted by molar-refractivity contribution is -0.316. The number of hydrogen-bond donors (Lipinski definition) is 4. The largest absolute Gasteiger partial charge is 0.451 e. The van der Waals surface area contributed by atoms with Crippen LogP contribution in [-0.2, 0) is 47.5 Å². The Morgan fingerprint density at radius 1 is 0.750 bits per heavy atom. The average molecular weight is 647 g/mol. The van der Waals surface area contributed by atoms with Crippen LogP contribution in [0.3, 0.4) is 0 Å². The van der Waals surface area contributed by atoms with Crippen molar-refractivity contribution >= 4 is 20.0 Å². The van der Waals surface area contributed by atoms with E-state index >= 15 is 0 Å². The first-order valence-corrected chi connectivity index (χ1v) is 17.9. The van der Waals surface area contributed by atoms with E-state index in [1.54, 1.807) is 27.7 Å². The first kappa shape index (κ1) is 38.1. The van der Waals surface area contributed by atoms with E-state index < -0.39 is 93.6 Å². The molecule has 0 aromatic carbocycles. The van der Waals surface area contributed by atoms with Crippen LogP contribution in [0, 0.1) is 23.8 Å². The molecule has 4 N–H and O–H groups in total. The van der Waals surface area contributed by atoms with E-state index in [9.17, 15) is 30.0 Å². The lowest BCUT2D eigenvalue weighted by Gasteiger charge is -2.42. The molecule has 0 amide bonds. The molecule has 2 unspecified atom stereocenters. The normalized spacial score (nSPS) is 32.5. The van der Waals surface area contributed by atoms with Crippen molar-refractivity contribution < 1.29 is 67.9 Å². The Kier molecular flexibility index (Phi) is 15.2. The molecule has 0 aromatic rings. The molecule has 10 atom stereocenters. The van der Waals surface area contributed by atoms with Crippen LogP contribution >= 0.6 is 0 Å². The number of carbonyl (C=O) groups excluding carboxylic acids is 2. The van der Waals surface area contributed by atoms with Gasteiger partial charge < -0.3 is 58.3 Å². The highest BCUT2D eigenvalue weighted by Gasteiger charge is 2.51. The van der Waals surface area contributed by atoms with Gasteiger partial charge in [0.15, 0.2) is 38.0 Å². The van der Waals surface area contributed by atoms with Crippen LogP contribution in [0.2, 0.25) is 19.6 Å². The van der Waals surface area contributed by atoms with Crippen LogP contribution in [0.1, 0.15) is 27.7 Å². The molecule has 0 aromatic heterocycles. The number of aliphatic hydroxyl groups excluding tert-OH is 4. The molecule has 0 radical (unpaired) electrons. The van der Waals surface area contributed by atoms with Crippen molar-refractivity contribution in [3.8, 4) is 23.8 Å². The van der Waals surface area contributed by atoms with Gasteiger partial charge in [0.1, 0.15) is 44.7 Å². The zero-order valence-corrected chi connectivity index (χ0v) is 27.2. The van der Waals surface area contributed by atoms with Gasteiger partial charge in [-0.1, -0.05) is 31.5 Å². The minimum absolute atomic E-state index is 0.209. The number of terminal acetylenes is 1. The van der Waals surface area contributed by atoms with Gasteiger partial charge >= 0.3 is 11.9 Å². The van der Waals surface area contributed by atoms with Gasteiger partial charge in [0.25, 0.3) is 0 Å². The third-order valence-electron chi connectivity index (χ3n) is 6.11. The van der Waals surface area contributed by atoms with Crippen LogP contribution in [0.15, 0.2) is 0 Å². The lowest BCUT2D eigenvalue weighted by atomic mass is 9.98. The molecule has 14 nitrogen and oxygen atoms in total. The van der Waals surface area contributed by atoms with Crippen LogP contribution < -0.4 is 0 Å². The van der Waals surface area contributed by atoms with Crippen molar-refractivity contribution in [3.63, 3.8) is 0 Å². The van der Waals surface area contributed by atoms with Gasteiger partial charge in [0.05, 0.1) is 25.4 Å². The maximum atomic E-state index is 12.9. The summed E-state index contributed by atoms with van der Waals surface area (Å²) in [5, 5.41) is 42.7. The third-order valence-corrected chi connectivity index (χ3v) is 7.04. The highest BCUT2D eigenvalue weighted by molar-refractivity contribution is 6.83. The van der Waals surface area contributed by atoms with E-state index in [4.69, 9.17) is 44.3 Å². The van der Waals surface area contributed by atoms with Gasteiger partial charge in [-0.3, -0.25) is 0 Å². The second-order valence-electron chi connectivity index (χ2n) is 11.8. The van der Waals surface area contributed by atoms with E-state index in [0.717, 1.165) is 0 Å². The molecule has 0 bridgehead atoms. The molecular formula is C29H46O14Si. The first-order valence-electron chi connectivity index (χ1n) is 14.4. The summed E-state index contributed by atoms with van der Waals surface area (Å²) in [6.07, 6.45) is -10.6. The molecule has 2 saturated heterocycles. The third kappa shape index (κ3) is 11.3. The van der Waals surface area contributed by atoms with Crippen molar-refractivity contribution in [2.75, 3.05) is 26.4 Å². The van der Waals surface area contributed by atoms with E-state index in [-0.39, 0.29) is 26.4 Å². The highest BCUT2D eigenvalue weighted by atomic mass is 28.3. The number of ether oxygens (including phenoxy) is 8. The van der Waals surface area contributed by atoms with Crippen molar-refractivity contribution in [1.29, 1.82) is 0 Å². The standard InChI is InChI=1S/C29H46O14Si/c1-9-11-37-27(35)25-23(40-16(2)3)19(31)20(32)28(42-25)39-14-13-36-22-18(30)21(33)29(41-17(4)5)43-24(22)26(34)38-12-10-15-44(6,7)8/h1,16-25,28-33H,11-14H2,2-8H3/t18-,19-,20+,21+,22+,23+,24?,25?,28-,29-/m1/s1. The Labute approximate surface area is 259 Å². The minimum Gasteiger partial charge on any atom is -0.451 e. The molecule has 2 rings (SSSR count). The zero-order chi connectivity index (χ0) is 33.2. The van der Waals surface area contributed by atoms with Crippen LogP contribution in [0.25, 0.3) is 0 Å². The van der Waals surface area contributed by atoms with Crippen LogP contribution in [0.4, 0.5) is 0 Å². The first-order chi connectivity index (χ1) is 20.6. The summed E-state index contributed by atoms with van der Waals surface area (Å²) in [6.45, 7) is 11.6. The summed E-state index contributed by atoms with van der Waals surface area (Å²) >= 11 is 0. The summed E-state index contributed by atoms with van der Waals surface area (Å²) in [6, 6.07) is 0. The predicted molar refractivity (Wildman–Crippen MR) is 155 cm³/mol. The number of hydrogen-bond acceptors (Lipinski definition) is 14. The van der Waals surface area contributed by atoms with Gasteiger partial charge in [0, 0.05) is 0 Å². The molecule has 0 spiro atoms. The molecular weight excluding hydrogens is 600 g/mol. The quantitative estimate of drug-likeness (QED) is 0.0834. The number of rotatable bonds is 13. The highest BCUT2D eigenvalue weighted by Crippen LogP contribution is 2.28. The fraction of sp³-hybridized carbons (Fsp3) is 0.793. The Bertz CT molecular complexity index is 1030. The summed E-state index contributed by atoms with van der Waals surface area (Å²) in [7, 11) is -1.71. The molecule has 250 valence electrons. The summed E-state index contributed by atoms with van der Waals surface area (Å²) < 4.78 is 43.8. The molecule has 44 heavy (non-hydrogen) atoms. The van der Waals surface area contributed by atoms with Crippen molar-refractivity contribution in [2.24, 2.45) is 0 Å². The summed E-state index contributed by atoms with van der Waals surface area (Å²) in [5.74, 6) is 3.15. The molecule has 2 aliphatic heterocycles. The van der Waals surface area contributed by atoms with E-state index in [1.807, 2.05) is 19.6 Å². The Hall–Kier alpha value is -2.12. The second kappa shape index (κ2) is 17.5. The number of aliphatic hydroxyl groups is 4. The van der Waals surface area contributed by atoms with E-state index in [1.165, 1.54) is 0 Å². The zero-order valence-electron chi connectivity index (χ0n) is 26.2. The van der Waals surface area contributed by atoms with Gasteiger partial charge in [-0.2, -0.15) is 0 Å². The van der Waals surface area contributed by atoms with Gasteiger partial charge in [-0.15, -0.1) is 12.0 Å². The molecule has 0 aliphatic carbocycles. The molecule has 2 heterocycles. The van der Waals surface area contributed by atoms with Gasteiger partial charge in [-0.25, -0.2) is 9.59 Å². The summed E-state index contributed by atoms with van der Waals surface area (Å²) in [5.41, 5.74) is 3.07. The fourth-order valence-corrected chi connectivity index (χ4v) is 4.86. The van der Waals surface area contributed by atoms with Crippen molar-refractivity contribution in [2.45, 2.75) is 121 Å². The Balaban J connectivity index is 2.09. The minimum atomic E-state index is -1.71. The van der Waals surface area contributed by atoms with Gasteiger partial charge in [0.2, 0.25) is 0 Å². The average Bonchev–Trinajstić information content (AvgIpc) is 2.93. The fourth-order valence-electron chi connectivity index (χ4n) is 4.26. The number of carbonyl (C=O) groups is 2.